The van der Waals surface area contributed by atoms with E-state index in [0.29, 0.717) is 19.7 Å². The molecule has 0 saturated carbocycles. The molecule has 0 aromatic heterocycles. The Morgan fingerprint density at radius 1 is 1.24 bits per heavy atom. The summed E-state index contributed by atoms with van der Waals surface area (Å²) in [4.78, 5) is 16.3. The van der Waals surface area contributed by atoms with E-state index in [9.17, 15) is 4.79 Å². The van der Waals surface area contributed by atoms with Crippen LogP contribution in [0.5, 0.6) is 0 Å². The largest absolute Gasteiger partial charge is 0.395 e. The summed E-state index contributed by atoms with van der Waals surface area (Å²) < 4.78 is 5.44. The second kappa shape index (κ2) is 11.0. The van der Waals surface area contributed by atoms with E-state index in [4.69, 9.17) is 9.84 Å². The van der Waals surface area contributed by atoms with E-state index in [1.807, 2.05) is 13.8 Å². The molecule has 1 amide bonds. The van der Waals surface area contributed by atoms with Crippen LogP contribution in [-0.2, 0) is 9.53 Å². The number of amides is 1. The first-order valence-electron chi connectivity index (χ1n) is 8.05. The first-order valence-corrected chi connectivity index (χ1v) is 8.05. The molecular weight excluding hydrogens is 270 g/mol. The van der Waals surface area contributed by atoms with Gasteiger partial charge in [0.25, 0.3) is 0 Å². The molecule has 2 N–H and O–H groups in total. The number of ether oxygens (including phenoxy) is 1. The number of aliphatic hydroxyl groups is 1. The van der Waals surface area contributed by atoms with Crippen molar-refractivity contribution < 1.29 is 14.6 Å². The van der Waals surface area contributed by atoms with Gasteiger partial charge < -0.3 is 15.2 Å². The number of nitrogens with one attached hydrogen (secondary N) is 1. The quantitative estimate of drug-likeness (QED) is 0.583. The fourth-order valence-corrected chi connectivity index (χ4v) is 2.43. The Morgan fingerprint density at radius 3 is 2.67 bits per heavy atom. The summed E-state index contributed by atoms with van der Waals surface area (Å²) in [6.45, 7) is 10.6. The maximum Gasteiger partial charge on any atom is 0.234 e. The number of rotatable bonds is 9. The number of nitrogens with zero attached hydrogens (tertiary/aromatic N) is 2. The van der Waals surface area contributed by atoms with Crippen molar-refractivity contribution in [2.45, 2.75) is 32.8 Å². The molecule has 6 heteroatoms. The topological polar surface area (TPSA) is 65.0 Å². The molecule has 0 spiro atoms. The zero-order valence-electron chi connectivity index (χ0n) is 13.5. The van der Waals surface area contributed by atoms with Crippen molar-refractivity contribution in [3.8, 4) is 0 Å². The lowest BCUT2D eigenvalue weighted by molar-refractivity contribution is -0.122. The molecule has 21 heavy (non-hydrogen) atoms. The van der Waals surface area contributed by atoms with Crippen molar-refractivity contribution in [1.29, 1.82) is 0 Å². The molecule has 1 aliphatic rings. The second-order valence-corrected chi connectivity index (χ2v) is 5.82. The summed E-state index contributed by atoms with van der Waals surface area (Å²) in [5.74, 6) is 0.0927. The summed E-state index contributed by atoms with van der Waals surface area (Å²) >= 11 is 0. The van der Waals surface area contributed by atoms with E-state index < -0.39 is 0 Å². The average Bonchev–Trinajstić information content (AvgIpc) is 2.64. The minimum Gasteiger partial charge on any atom is -0.395 e. The van der Waals surface area contributed by atoms with Gasteiger partial charge in [0.1, 0.15) is 0 Å². The van der Waals surface area contributed by atoms with Gasteiger partial charge in [-0.05, 0) is 39.8 Å². The predicted octanol–water partition coefficient (Wildman–Crippen LogP) is -0.0823. The van der Waals surface area contributed by atoms with Gasteiger partial charge in [-0.1, -0.05) is 0 Å². The molecule has 0 radical (unpaired) electrons. The molecule has 1 heterocycles. The van der Waals surface area contributed by atoms with E-state index >= 15 is 0 Å². The van der Waals surface area contributed by atoms with Crippen molar-refractivity contribution in [3.05, 3.63) is 0 Å². The molecular formula is C15H31N3O3. The third-order valence-electron chi connectivity index (χ3n) is 3.56. The highest BCUT2D eigenvalue weighted by molar-refractivity contribution is 5.77. The lowest BCUT2D eigenvalue weighted by Crippen LogP contribution is -2.40. The van der Waals surface area contributed by atoms with Gasteiger partial charge in [-0.3, -0.25) is 14.6 Å². The number of carbonyl (C=O) groups excluding carboxylic acids is 1. The van der Waals surface area contributed by atoms with Crippen LogP contribution in [-0.4, -0.2) is 85.9 Å². The Labute approximate surface area is 128 Å². The normalized spacial score (nSPS) is 17.9. The number of β-amino-alcohol motifs (C(OH)–C–C–N with tert-alkyl or cyclic N) is 1. The summed E-state index contributed by atoms with van der Waals surface area (Å²) in [6, 6.07) is 0. The fraction of sp³-hybridized carbons (Fsp3) is 0.933. The summed E-state index contributed by atoms with van der Waals surface area (Å²) in [7, 11) is 0. The van der Waals surface area contributed by atoms with Crippen LogP contribution in [0.25, 0.3) is 0 Å². The SMILES string of the molecule is CC(C)OCCCNC(=O)CN1CCCN(CCO)CC1. The van der Waals surface area contributed by atoms with Gasteiger partial charge in [0.15, 0.2) is 0 Å². The molecule has 0 bridgehead atoms. The molecule has 124 valence electrons. The molecule has 0 aliphatic carbocycles. The van der Waals surface area contributed by atoms with Crippen molar-refractivity contribution in [2.24, 2.45) is 0 Å². The highest BCUT2D eigenvalue weighted by atomic mass is 16.5. The van der Waals surface area contributed by atoms with Crippen LogP contribution >= 0.6 is 0 Å². The Balaban J connectivity index is 2.10. The van der Waals surface area contributed by atoms with Gasteiger partial charge in [0.05, 0.1) is 19.3 Å². The molecule has 1 fully saturated rings. The van der Waals surface area contributed by atoms with Gasteiger partial charge in [-0.15, -0.1) is 0 Å². The minimum atomic E-state index is 0.0927. The van der Waals surface area contributed by atoms with Crippen molar-refractivity contribution in [2.75, 3.05) is 59.0 Å². The molecule has 1 saturated heterocycles. The minimum absolute atomic E-state index is 0.0927. The number of hydrogen-bond acceptors (Lipinski definition) is 5. The maximum absolute atomic E-state index is 11.9. The van der Waals surface area contributed by atoms with E-state index in [1.54, 1.807) is 0 Å². The zero-order valence-corrected chi connectivity index (χ0v) is 13.5. The highest BCUT2D eigenvalue weighted by Gasteiger charge is 2.16. The van der Waals surface area contributed by atoms with Crippen molar-refractivity contribution >= 4 is 5.91 Å². The maximum atomic E-state index is 11.9. The number of carbonyl (C=O) groups is 1. The van der Waals surface area contributed by atoms with Crippen LogP contribution in [0.3, 0.4) is 0 Å². The fourth-order valence-electron chi connectivity index (χ4n) is 2.43. The summed E-state index contributed by atoms with van der Waals surface area (Å²) in [5.41, 5.74) is 0. The number of aliphatic hydroxyl groups excluding tert-OH is 1. The molecule has 6 nitrogen and oxygen atoms in total. The smallest absolute Gasteiger partial charge is 0.234 e. The van der Waals surface area contributed by atoms with Crippen LogP contribution in [0.4, 0.5) is 0 Å². The van der Waals surface area contributed by atoms with Gasteiger partial charge in [-0.25, -0.2) is 0 Å². The Bertz CT molecular complexity index is 287. The number of hydrogen-bond donors (Lipinski definition) is 2. The first kappa shape index (κ1) is 18.4. The van der Waals surface area contributed by atoms with Crippen LogP contribution in [0.15, 0.2) is 0 Å². The Kier molecular flexibility index (Phi) is 9.58. The lowest BCUT2D eigenvalue weighted by atomic mass is 10.3. The third-order valence-corrected chi connectivity index (χ3v) is 3.56. The second-order valence-electron chi connectivity index (χ2n) is 5.82. The summed E-state index contributed by atoms with van der Waals surface area (Å²) in [6.07, 6.45) is 2.16. The Hall–Kier alpha value is -0.690. The van der Waals surface area contributed by atoms with Gasteiger partial charge >= 0.3 is 0 Å². The summed E-state index contributed by atoms with van der Waals surface area (Å²) in [5, 5.41) is 11.9. The molecule has 0 aromatic carbocycles. The van der Waals surface area contributed by atoms with Crippen molar-refractivity contribution in [3.63, 3.8) is 0 Å². The van der Waals surface area contributed by atoms with E-state index in [1.165, 1.54) is 0 Å². The standard InChI is InChI=1S/C15H31N3O3/c1-14(2)21-12-3-5-16-15(20)13-18-7-4-6-17(8-9-18)10-11-19/h14,19H,3-13H2,1-2H3,(H,16,20). The molecule has 1 rings (SSSR count). The zero-order chi connectivity index (χ0) is 15.5. The lowest BCUT2D eigenvalue weighted by Gasteiger charge is -2.20. The van der Waals surface area contributed by atoms with Gasteiger partial charge in [0.2, 0.25) is 5.91 Å². The highest BCUT2D eigenvalue weighted by Crippen LogP contribution is 2.02. The predicted molar refractivity (Wildman–Crippen MR) is 83.3 cm³/mol. The van der Waals surface area contributed by atoms with Crippen molar-refractivity contribution in [1.82, 2.24) is 15.1 Å². The monoisotopic (exact) mass is 301 g/mol. The molecule has 0 atom stereocenters. The van der Waals surface area contributed by atoms with Crippen LogP contribution in [0.2, 0.25) is 0 Å². The van der Waals surface area contributed by atoms with Crippen LogP contribution in [0.1, 0.15) is 26.7 Å². The first-order chi connectivity index (χ1) is 10.1. The molecule has 1 aliphatic heterocycles. The molecule has 0 unspecified atom stereocenters. The Morgan fingerprint density at radius 2 is 1.95 bits per heavy atom. The van der Waals surface area contributed by atoms with Crippen LogP contribution < -0.4 is 5.32 Å². The third kappa shape index (κ3) is 9.03. The van der Waals surface area contributed by atoms with Crippen LogP contribution in [0, 0.1) is 0 Å². The van der Waals surface area contributed by atoms with E-state index in [-0.39, 0.29) is 18.6 Å². The average molecular weight is 301 g/mol. The van der Waals surface area contributed by atoms with Gasteiger partial charge in [0, 0.05) is 32.8 Å². The van der Waals surface area contributed by atoms with E-state index in [0.717, 1.165) is 45.6 Å². The van der Waals surface area contributed by atoms with Gasteiger partial charge in [-0.2, -0.15) is 0 Å². The molecule has 0 aromatic rings. The van der Waals surface area contributed by atoms with E-state index in [2.05, 4.69) is 15.1 Å².